The number of hydrogen-bond acceptors (Lipinski definition) is 2. The van der Waals surface area contributed by atoms with Gasteiger partial charge in [0, 0.05) is 18.3 Å². The minimum atomic E-state index is -0.552. The Morgan fingerprint density at radius 2 is 1.75 bits per heavy atom. The van der Waals surface area contributed by atoms with Crippen molar-refractivity contribution in [2.45, 2.75) is 56.7 Å². The van der Waals surface area contributed by atoms with Crippen molar-refractivity contribution in [2.24, 2.45) is 0 Å². The number of benzene rings is 1. The molecule has 1 saturated carbocycles. The van der Waals surface area contributed by atoms with Crippen molar-refractivity contribution < 1.29 is 13.5 Å². The van der Waals surface area contributed by atoms with Gasteiger partial charge in [0.1, 0.15) is 11.6 Å². The maximum absolute atomic E-state index is 13.1. The highest BCUT2D eigenvalue weighted by Crippen LogP contribution is 2.41. The smallest absolute Gasteiger partial charge is 0.128 e. The van der Waals surface area contributed by atoms with Crippen LogP contribution < -0.4 is 5.32 Å². The first-order valence-electron chi connectivity index (χ1n) is 7.53. The zero-order chi connectivity index (χ0) is 14.0. The van der Waals surface area contributed by atoms with Crippen LogP contribution >= 0.6 is 0 Å². The van der Waals surface area contributed by atoms with E-state index in [1.165, 1.54) is 31.4 Å². The molecule has 1 unspecified atom stereocenters. The van der Waals surface area contributed by atoms with E-state index in [-0.39, 0.29) is 11.7 Å². The molecule has 1 aliphatic heterocycles. The summed E-state index contributed by atoms with van der Waals surface area (Å²) in [5.74, 6) is -1.10. The fraction of sp³-hybridized carbons (Fsp3) is 0.625. The van der Waals surface area contributed by atoms with Crippen LogP contribution in [0.15, 0.2) is 18.2 Å². The highest BCUT2D eigenvalue weighted by Gasteiger charge is 2.40. The molecule has 1 spiro atoms. The summed E-state index contributed by atoms with van der Waals surface area (Å²) in [5.41, 5.74) is 0.577. The summed E-state index contributed by atoms with van der Waals surface area (Å²) >= 11 is 0. The lowest BCUT2D eigenvalue weighted by molar-refractivity contribution is -0.0588. The molecule has 1 aliphatic carbocycles. The number of anilines is 1. The molecule has 110 valence electrons. The van der Waals surface area contributed by atoms with Crippen molar-refractivity contribution >= 4 is 5.69 Å². The Morgan fingerprint density at radius 1 is 1.05 bits per heavy atom. The second kappa shape index (κ2) is 5.68. The first-order chi connectivity index (χ1) is 9.65. The van der Waals surface area contributed by atoms with E-state index in [4.69, 9.17) is 4.74 Å². The van der Waals surface area contributed by atoms with Gasteiger partial charge >= 0.3 is 0 Å². The summed E-state index contributed by atoms with van der Waals surface area (Å²) in [4.78, 5) is 0. The first-order valence-corrected chi connectivity index (χ1v) is 7.53. The third-order valence-electron chi connectivity index (χ3n) is 4.50. The predicted molar refractivity (Wildman–Crippen MR) is 74.8 cm³/mol. The zero-order valence-corrected chi connectivity index (χ0v) is 11.6. The average Bonchev–Trinajstić information content (AvgIpc) is 2.79. The van der Waals surface area contributed by atoms with Crippen LogP contribution in [0, 0.1) is 11.6 Å². The van der Waals surface area contributed by atoms with Gasteiger partial charge in [0.25, 0.3) is 0 Å². The van der Waals surface area contributed by atoms with Gasteiger partial charge in [-0.1, -0.05) is 19.3 Å². The molecule has 0 bridgehead atoms. The van der Waals surface area contributed by atoms with E-state index in [9.17, 15) is 8.78 Å². The van der Waals surface area contributed by atoms with Crippen LogP contribution in [-0.2, 0) is 4.74 Å². The lowest BCUT2D eigenvalue weighted by Gasteiger charge is -2.33. The Balaban J connectivity index is 1.54. The summed E-state index contributed by atoms with van der Waals surface area (Å²) in [6.45, 7) is 0.616. The third-order valence-corrected chi connectivity index (χ3v) is 4.50. The Hall–Kier alpha value is -1.16. The van der Waals surface area contributed by atoms with Crippen molar-refractivity contribution in [1.82, 2.24) is 0 Å². The zero-order valence-electron chi connectivity index (χ0n) is 11.6. The molecule has 4 heteroatoms. The topological polar surface area (TPSA) is 21.3 Å². The van der Waals surface area contributed by atoms with Gasteiger partial charge in [-0.05, 0) is 37.8 Å². The largest absolute Gasteiger partial charge is 0.382 e. The monoisotopic (exact) mass is 281 g/mol. The number of rotatable bonds is 3. The van der Waals surface area contributed by atoms with Gasteiger partial charge in [0.05, 0.1) is 11.7 Å². The number of hydrogen-bond donors (Lipinski definition) is 1. The fourth-order valence-electron chi connectivity index (χ4n) is 3.49. The molecule has 0 amide bonds. The van der Waals surface area contributed by atoms with Crippen LogP contribution in [0.3, 0.4) is 0 Å². The van der Waals surface area contributed by atoms with Crippen LogP contribution in [0.1, 0.15) is 44.9 Å². The summed E-state index contributed by atoms with van der Waals surface area (Å²) < 4.78 is 32.4. The van der Waals surface area contributed by atoms with Crippen LogP contribution in [0.25, 0.3) is 0 Å². The van der Waals surface area contributed by atoms with Crippen molar-refractivity contribution in [3.63, 3.8) is 0 Å². The average molecular weight is 281 g/mol. The normalized spacial score (nSPS) is 25.0. The van der Waals surface area contributed by atoms with Crippen molar-refractivity contribution in [2.75, 3.05) is 11.9 Å². The maximum Gasteiger partial charge on any atom is 0.128 e. The number of nitrogens with one attached hydrogen (secondary N) is 1. The van der Waals surface area contributed by atoms with Gasteiger partial charge in [-0.2, -0.15) is 0 Å². The lowest BCUT2D eigenvalue weighted by Crippen LogP contribution is -2.33. The van der Waals surface area contributed by atoms with E-state index in [0.717, 1.165) is 31.7 Å². The second-order valence-corrected chi connectivity index (χ2v) is 6.06. The summed E-state index contributed by atoms with van der Waals surface area (Å²) in [6, 6.07) is 3.51. The quantitative estimate of drug-likeness (QED) is 0.894. The molecule has 20 heavy (non-hydrogen) atoms. The molecule has 2 fully saturated rings. The molecule has 1 atom stereocenters. The highest BCUT2D eigenvalue weighted by atomic mass is 19.1. The molecule has 1 N–H and O–H groups in total. The van der Waals surface area contributed by atoms with Gasteiger partial charge < -0.3 is 10.1 Å². The summed E-state index contributed by atoms with van der Waals surface area (Å²) in [5, 5.41) is 3.09. The lowest BCUT2D eigenvalue weighted by atomic mass is 9.83. The van der Waals surface area contributed by atoms with Crippen LogP contribution in [0.2, 0.25) is 0 Å². The summed E-state index contributed by atoms with van der Waals surface area (Å²) in [7, 11) is 0. The van der Waals surface area contributed by atoms with Gasteiger partial charge in [0.15, 0.2) is 0 Å². The van der Waals surface area contributed by atoms with E-state index in [1.807, 2.05) is 0 Å². The van der Waals surface area contributed by atoms with E-state index in [2.05, 4.69) is 5.32 Å². The molecule has 0 radical (unpaired) electrons. The summed E-state index contributed by atoms with van der Waals surface area (Å²) in [6.07, 6.45) is 8.47. The minimum Gasteiger partial charge on any atom is -0.382 e. The molecule has 0 aromatic heterocycles. The van der Waals surface area contributed by atoms with Crippen molar-refractivity contribution in [3.8, 4) is 0 Å². The van der Waals surface area contributed by atoms with Crippen LogP contribution in [0.5, 0.6) is 0 Å². The Kier molecular flexibility index (Phi) is 3.92. The third kappa shape index (κ3) is 3.11. The molecule has 1 aromatic rings. The van der Waals surface area contributed by atoms with Crippen molar-refractivity contribution in [3.05, 3.63) is 29.8 Å². The van der Waals surface area contributed by atoms with Gasteiger partial charge in [-0.25, -0.2) is 8.78 Å². The molecule has 1 saturated heterocycles. The second-order valence-electron chi connectivity index (χ2n) is 6.06. The van der Waals surface area contributed by atoms with Crippen molar-refractivity contribution in [1.29, 1.82) is 0 Å². The predicted octanol–water partition coefficient (Wildman–Crippen LogP) is 4.26. The van der Waals surface area contributed by atoms with Gasteiger partial charge in [0.2, 0.25) is 0 Å². The minimum absolute atomic E-state index is 0.0950. The molecule has 3 rings (SSSR count). The Bertz CT molecular complexity index is 451. The number of halogens is 2. The van der Waals surface area contributed by atoms with Gasteiger partial charge in [-0.3, -0.25) is 0 Å². The van der Waals surface area contributed by atoms with Gasteiger partial charge in [-0.15, -0.1) is 0 Å². The maximum atomic E-state index is 13.1. The first kappa shape index (κ1) is 13.8. The number of ether oxygens (including phenoxy) is 1. The Morgan fingerprint density at radius 3 is 2.45 bits per heavy atom. The molecule has 1 heterocycles. The standard InChI is InChI=1S/C16H21F2NO/c17-12-8-13(18)10-14(9-12)19-11-15-4-7-16(20-15)5-2-1-3-6-16/h8-10,15,19H,1-7,11H2. The van der Waals surface area contributed by atoms with E-state index in [0.29, 0.717) is 12.2 Å². The molecular formula is C16H21F2NO. The van der Waals surface area contributed by atoms with Crippen LogP contribution in [0.4, 0.5) is 14.5 Å². The van der Waals surface area contributed by atoms with E-state index < -0.39 is 11.6 Å². The van der Waals surface area contributed by atoms with E-state index in [1.54, 1.807) is 0 Å². The fourth-order valence-corrected chi connectivity index (χ4v) is 3.49. The van der Waals surface area contributed by atoms with E-state index >= 15 is 0 Å². The van der Waals surface area contributed by atoms with Crippen LogP contribution in [-0.4, -0.2) is 18.2 Å². The highest BCUT2D eigenvalue weighted by molar-refractivity contribution is 5.43. The molecule has 1 aromatic carbocycles. The SMILES string of the molecule is Fc1cc(F)cc(NCC2CCC3(CCCCC3)O2)c1. The molecule has 2 nitrogen and oxygen atoms in total. The Labute approximate surface area is 118 Å². The molecule has 2 aliphatic rings. The molecular weight excluding hydrogens is 260 g/mol.